The average molecular weight is 338 g/mol. The van der Waals surface area contributed by atoms with Gasteiger partial charge < -0.3 is 4.74 Å². The molecule has 1 unspecified atom stereocenters. The Hall–Kier alpha value is -2.35. The van der Waals surface area contributed by atoms with Gasteiger partial charge in [-0.15, -0.1) is 0 Å². The molecule has 5 nitrogen and oxygen atoms in total. The molecule has 0 spiro atoms. The van der Waals surface area contributed by atoms with Gasteiger partial charge in [0, 0.05) is 24.6 Å². The van der Waals surface area contributed by atoms with E-state index in [1.165, 1.54) is 10.0 Å². The number of allylic oxidation sites excluding steroid dienone is 2. The number of pyridine rings is 1. The minimum absolute atomic E-state index is 0.155. The lowest BCUT2D eigenvalue weighted by atomic mass is 10.1. The van der Waals surface area contributed by atoms with E-state index in [1.807, 2.05) is 0 Å². The summed E-state index contributed by atoms with van der Waals surface area (Å²) in [5.74, 6) is 1.09. The number of hydrogen-bond donors (Lipinski definition) is 0. The lowest BCUT2D eigenvalue weighted by Crippen LogP contribution is -2.49. The van der Waals surface area contributed by atoms with Crippen LogP contribution in [0.3, 0.4) is 0 Å². The number of hydrogen-bond acceptors (Lipinski definition) is 5. The molecular formula is C16H17F3N4O. The zero-order valence-electron chi connectivity index (χ0n) is 13.5. The number of ether oxygens (including phenoxy) is 1. The molecule has 0 radical (unpaired) electrons. The second-order valence-electron chi connectivity index (χ2n) is 5.57. The molecule has 2 aliphatic rings. The van der Waals surface area contributed by atoms with E-state index in [1.54, 1.807) is 44.6 Å². The molecule has 0 fully saturated rings. The summed E-state index contributed by atoms with van der Waals surface area (Å²) in [4.78, 5) is 8.56. The van der Waals surface area contributed by atoms with Crippen LogP contribution < -0.4 is 4.74 Å². The highest BCUT2D eigenvalue weighted by Gasteiger charge is 2.45. The third-order valence-electron chi connectivity index (χ3n) is 4.05. The lowest BCUT2D eigenvalue weighted by molar-refractivity contribution is -0.201. The molecule has 0 amide bonds. The van der Waals surface area contributed by atoms with Crippen molar-refractivity contribution < 1.29 is 17.9 Å². The van der Waals surface area contributed by atoms with E-state index in [0.29, 0.717) is 28.5 Å². The number of aromatic nitrogens is 1. The minimum atomic E-state index is -4.31. The van der Waals surface area contributed by atoms with Gasteiger partial charge in [0.2, 0.25) is 0 Å². The molecule has 1 aromatic heterocycles. The van der Waals surface area contributed by atoms with Crippen molar-refractivity contribution in [3.05, 3.63) is 47.7 Å². The van der Waals surface area contributed by atoms with E-state index in [2.05, 4.69) is 9.98 Å². The van der Waals surface area contributed by atoms with Gasteiger partial charge in [-0.05, 0) is 32.1 Å². The minimum Gasteiger partial charge on any atom is -0.496 e. The number of fused-ring (bicyclic) bond motifs is 1. The van der Waals surface area contributed by atoms with Crippen LogP contribution in [0.4, 0.5) is 13.2 Å². The zero-order valence-corrected chi connectivity index (χ0v) is 13.5. The maximum atomic E-state index is 13.1. The summed E-state index contributed by atoms with van der Waals surface area (Å²) in [6.45, 7) is 3.06. The number of methoxy groups -OCH3 is 1. The molecule has 0 aromatic carbocycles. The number of halogens is 3. The highest BCUT2D eigenvalue weighted by molar-refractivity contribution is 6.11. The molecule has 24 heavy (non-hydrogen) atoms. The largest absolute Gasteiger partial charge is 0.496 e. The van der Waals surface area contributed by atoms with Crippen molar-refractivity contribution in [3.8, 4) is 5.75 Å². The molecule has 1 atom stereocenters. The van der Waals surface area contributed by atoms with Crippen molar-refractivity contribution in [1.82, 2.24) is 15.0 Å². The molecule has 0 saturated carbocycles. The molecule has 0 aliphatic carbocycles. The maximum Gasteiger partial charge on any atom is 0.405 e. The molecule has 8 heteroatoms. The predicted octanol–water partition coefficient (Wildman–Crippen LogP) is 3.12. The molecule has 1 aromatic rings. The van der Waals surface area contributed by atoms with Crippen LogP contribution in [-0.4, -0.2) is 46.6 Å². The van der Waals surface area contributed by atoms with Crippen LogP contribution in [0, 0.1) is 0 Å². The molecule has 3 rings (SSSR count). The first-order valence-electron chi connectivity index (χ1n) is 7.42. The van der Waals surface area contributed by atoms with Crippen LogP contribution in [0.25, 0.3) is 0 Å². The standard InChI is InChI=1S/C16H17F3N4O/c1-10-8-13(12-9-20-6-4-14(12)24-3)21-15-5-7-22(23(10)15)11(2)16(17,18)19/h4-6,8-9,11H,7H2,1-3H3. The van der Waals surface area contributed by atoms with E-state index in [0.717, 1.165) is 6.92 Å². The van der Waals surface area contributed by atoms with Gasteiger partial charge in [-0.3, -0.25) is 9.99 Å². The first-order chi connectivity index (χ1) is 11.3. The lowest BCUT2D eigenvalue weighted by Gasteiger charge is -2.38. The van der Waals surface area contributed by atoms with Gasteiger partial charge in [0.05, 0.1) is 18.4 Å². The van der Waals surface area contributed by atoms with Crippen LogP contribution in [0.2, 0.25) is 0 Å². The summed E-state index contributed by atoms with van der Waals surface area (Å²) in [5.41, 5.74) is 1.97. The highest BCUT2D eigenvalue weighted by Crippen LogP contribution is 2.35. The summed E-state index contributed by atoms with van der Waals surface area (Å²) in [6, 6.07) is 0.119. The second kappa shape index (κ2) is 5.94. The van der Waals surface area contributed by atoms with Crippen LogP contribution in [-0.2, 0) is 0 Å². The molecular weight excluding hydrogens is 321 g/mol. The Labute approximate surface area is 137 Å². The number of hydrazine groups is 1. The molecule has 0 bridgehead atoms. The van der Waals surface area contributed by atoms with Crippen molar-refractivity contribution in [2.24, 2.45) is 4.99 Å². The number of aliphatic imine (C=N–C) groups is 1. The predicted molar refractivity (Wildman–Crippen MR) is 83.2 cm³/mol. The fourth-order valence-electron chi connectivity index (χ4n) is 2.76. The normalized spacial score (nSPS) is 19.4. The Balaban J connectivity index is 1.94. The van der Waals surface area contributed by atoms with Crippen molar-refractivity contribution in [3.63, 3.8) is 0 Å². The Morgan fingerprint density at radius 1 is 1.33 bits per heavy atom. The Morgan fingerprint density at radius 2 is 2.08 bits per heavy atom. The Morgan fingerprint density at radius 3 is 2.75 bits per heavy atom. The van der Waals surface area contributed by atoms with Gasteiger partial charge in [-0.25, -0.2) is 4.99 Å². The molecule has 2 aliphatic heterocycles. The molecule has 0 N–H and O–H groups in total. The van der Waals surface area contributed by atoms with Crippen LogP contribution in [0.1, 0.15) is 19.4 Å². The van der Waals surface area contributed by atoms with Crippen molar-refractivity contribution >= 4 is 5.71 Å². The zero-order chi connectivity index (χ0) is 17.5. The van der Waals surface area contributed by atoms with E-state index in [4.69, 9.17) is 4.74 Å². The highest BCUT2D eigenvalue weighted by atomic mass is 19.4. The number of nitrogens with zero attached hydrogens (tertiary/aromatic N) is 4. The first-order valence-corrected chi connectivity index (χ1v) is 7.42. The second-order valence-corrected chi connectivity index (χ2v) is 5.57. The summed E-state index contributed by atoms with van der Waals surface area (Å²) < 4.78 is 44.5. The maximum absolute atomic E-state index is 13.1. The van der Waals surface area contributed by atoms with Gasteiger partial charge >= 0.3 is 6.18 Å². The summed E-state index contributed by atoms with van der Waals surface area (Å²) >= 11 is 0. The van der Waals surface area contributed by atoms with Gasteiger partial charge in [0.15, 0.2) is 0 Å². The van der Waals surface area contributed by atoms with Gasteiger partial charge in [-0.2, -0.15) is 18.2 Å². The molecule has 128 valence electrons. The summed E-state index contributed by atoms with van der Waals surface area (Å²) in [6.07, 6.45) is 2.35. The number of alkyl halides is 3. The van der Waals surface area contributed by atoms with Gasteiger partial charge in [-0.1, -0.05) is 0 Å². The van der Waals surface area contributed by atoms with Crippen molar-refractivity contribution in [2.45, 2.75) is 26.1 Å². The number of rotatable bonds is 3. The first kappa shape index (κ1) is 16.5. The van der Waals surface area contributed by atoms with E-state index in [9.17, 15) is 13.2 Å². The summed E-state index contributed by atoms with van der Waals surface area (Å²) in [7, 11) is 1.55. The molecule has 3 heterocycles. The molecule has 0 saturated heterocycles. The van der Waals surface area contributed by atoms with Crippen LogP contribution >= 0.6 is 0 Å². The van der Waals surface area contributed by atoms with Gasteiger partial charge in [0.1, 0.15) is 17.6 Å². The Bertz CT molecular complexity index is 739. The topological polar surface area (TPSA) is 41.0 Å². The quantitative estimate of drug-likeness (QED) is 0.849. The van der Waals surface area contributed by atoms with Gasteiger partial charge in [0.25, 0.3) is 0 Å². The fourth-order valence-corrected chi connectivity index (χ4v) is 2.76. The van der Waals surface area contributed by atoms with E-state index < -0.39 is 12.2 Å². The third-order valence-corrected chi connectivity index (χ3v) is 4.05. The van der Waals surface area contributed by atoms with Crippen LogP contribution in [0.15, 0.2) is 47.1 Å². The van der Waals surface area contributed by atoms with Crippen molar-refractivity contribution in [2.75, 3.05) is 13.7 Å². The smallest absolute Gasteiger partial charge is 0.405 e. The third kappa shape index (κ3) is 2.77. The Kier molecular flexibility index (Phi) is 4.08. The SMILES string of the molecule is COc1ccncc1C1=NC2=CCN(C(C)C(F)(F)F)N2C(C)=C1. The van der Waals surface area contributed by atoms with Crippen LogP contribution in [0.5, 0.6) is 5.75 Å². The van der Waals surface area contributed by atoms with Crippen molar-refractivity contribution in [1.29, 1.82) is 0 Å². The summed E-state index contributed by atoms with van der Waals surface area (Å²) in [5, 5.41) is 2.76. The van der Waals surface area contributed by atoms with E-state index in [-0.39, 0.29) is 6.54 Å². The monoisotopic (exact) mass is 338 g/mol. The fraction of sp³-hybridized carbons (Fsp3) is 0.375. The average Bonchev–Trinajstić information content (AvgIpc) is 2.97. The van der Waals surface area contributed by atoms with E-state index >= 15 is 0 Å².